The van der Waals surface area contributed by atoms with Crippen LogP contribution in [0.3, 0.4) is 0 Å². The molecule has 5 aromatic rings. The SMILES string of the molecule is Nc1ccccc1-c1cccc2c3ccccc3c3ccccc3c12. The quantitative estimate of drug-likeness (QED) is 0.281. The van der Waals surface area contributed by atoms with Crippen molar-refractivity contribution in [3.8, 4) is 11.1 Å². The van der Waals surface area contributed by atoms with E-state index in [-0.39, 0.29) is 0 Å². The van der Waals surface area contributed by atoms with Gasteiger partial charge in [0.2, 0.25) is 0 Å². The minimum absolute atomic E-state index is 0.812. The molecule has 0 saturated heterocycles. The molecule has 1 heteroatoms. The molecule has 25 heavy (non-hydrogen) atoms. The highest BCUT2D eigenvalue weighted by Gasteiger charge is 2.13. The van der Waals surface area contributed by atoms with Crippen LogP contribution in [-0.4, -0.2) is 0 Å². The average molecular weight is 319 g/mol. The lowest BCUT2D eigenvalue weighted by molar-refractivity contribution is 1.65. The topological polar surface area (TPSA) is 26.0 Å². The number of para-hydroxylation sites is 1. The molecule has 2 N–H and O–H groups in total. The molecule has 0 saturated carbocycles. The Labute approximate surface area is 146 Å². The number of hydrogen-bond acceptors (Lipinski definition) is 1. The van der Waals surface area contributed by atoms with Crippen LogP contribution in [0.15, 0.2) is 91.0 Å². The van der Waals surface area contributed by atoms with Gasteiger partial charge in [-0.25, -0.2) is 0 Å². The predicted octanol–water partition coefficient (Wildman–Crippen LogP) is 6.40. The van der Waals surface area contributed by atoms with Crippen LogP contribution in [0.1, 0.15) is 0 Å². The smallest absolute Gasteiger partial charge is 0.0393 e. The van der Waals surface area contributed by atoms with Crippen molar-refractivity contribution in [2.45, 2.75) is 0 Å². The summed E-state index contributed by atoms with van der Waals surface area (Å²) >= 11 is 0. The lowest BCUT2D eigenvalue weighted by atomic mass is 9.89. The van der Waals surface area contributed by atoms with Gasteiger partial charge >= 0.3 is 0 Å². The summed E-state index contributed by atoms with van der Waals surface area (Å²) in [6, 6.07) is 31.9. The Kier molecular flexibility index (Phi) is 3.01. The Morgan fingerprint density at radius 2 is 0.840 bits per heavy atom. The van der Waals surface area contributed by atoms with Crippen molar-refractivity contribution in [1.82, 2.24) is 0 Å². The summed E-state index contributed by atoms with van der Waals surface area (Å²) in [4.78, 5) is 0. The summed E-state index contributed by atoms with van der Waals surface area (Å²) < 4.78 is 0. The van der Waals surface area contributed by atoms with E-state index >= 15 is 0 Å². The summed E-state index contributed by atoms with van der Waals surface area (Å²) in [5.74, 6) is 0. The highest BCUT2D eigenvalue weighted by molar-refractivity contribution is 6.28. The van der Waals surface area contributed by atoms with E-state index < -0.39 is 0 Å². The second-order valence-electron chi connectivity index (χ2n) is 6.41. The molecule has 0 radical (unpaired) electrons. The van der Waals surface area contributed by atoms with Gasteiger partial charge < -0.3 is 5.73 Å². The molecule has 1 nitrogen and oxygen atoms in total. The van der Waals surface area contributed by atoms with Gasteiger partial charge in [-0.15, -0.1) is 0 Å². The van der Waals surface area contributed by atoms with Crippen LogP contribution in [0.2, 0.25) is 0 Å². The second kappa shape index (κ2) is 5.35. The Morgan fingerprint density at radius 3 is 1.48 bits per heavy atom. The molecule has 0 aromatic heterocycles. The van der Waals surface area contributed by atoms with Gasteiger partial charge in [0.25, 0.3) is 0 Å². The summed E-state index contributed by atoms with van der Waals surface area (Å²) in [7, 11) is 0. The van der Waals surface area contributed by atoms with Gasteiger partial charge in [-0.05, 0) is 43.9 Å². The molecule has 0 fully saturated rings. The Balaban J connectivity index is 2.08. The van der Waals surface area contributed by atoms with Crippen molar-refractivity contribution in [2.24, 2.45) is 0 Å². The molecule has 0 aliphatic heterocycles. The lowest BCUT2D eigenvalue weighted by Crippen LogP contribution is -1.91. The van der Waals surface area contributed by atoms with E-state index in [1.54, 1.807) is 0 Å². The van der Waals surface area contributed by atoms with Crippen LogP contribution in [0.4, 0.5) is 5.69 Å². The standard InChI is InChI=1S/C24H17N/c25-23-15-6-5-11-19(23)22-14-7-13-21-18-9-2-1-8-16(18)17-10-3-4-12-20(17)24(21)22/h1-15H,25H2. The van der Waals surface area contributed by atoms with Crippen LogP contribution >= 0.6 is 0 Å². The molecule has 0 aliphatic rings. The fourth-order valence-electron chi connectivity index (χ4n) is 3.92. The summed E-state index contributed by atoms with van der Waals surface area (Å²) in [5, 5.41) is 7.68. The van der Waals surface area contributed by atoms with E-state index in [9.17, 15) is 0 Å². The van der Waals surface area contributed by atoms with Crippen molar-refractivity contribution >= 4 is 38.0 Å². The van der Waals surface area contributed by atoms with Crippen LogP contribution < -0.4 is 5.73 Å². The van der Waals surface area contributed by atoms with Gasteiger partial charge in [0, 0.05) is 11.3 Å². The zero-order valence-corrected chi connectivity index (χ0v) is 13.7. The molecule has 0 amide bonds. The molecule has 0 atom stereocenters. The zero-order valence-electron chi connectivity index (χ0n) is 13.7. The van der Waals surface area contributed by atoms with Crippen LogP contribution in [0.5, 0.6) is 0 Å². The van der Waals surface area contributed by atoms with Gasteiger partial charge in [0.1, 0.15) is 0 Å². The normalized spacial score (nSPS) is 11.4. The van der Waals surface area contributed by atoms with Gasteiger partial charge in [0.15, 0.2) is 0 Å². The van der Waals surface area contributed by atoms with Crippen molar-refractivity contribution < 1.29 is 0 Å². The maximum atomic E-state index is 6.30. The molecule has 0 aliphatic carbocycles. The molecule has 0 bridgehead atoms. The molecule has 0 heterocycles. The van der Waals surface area contributed by atoms with E-state index in [0.717, 1.165) is 11.3 Å². The van der Waals surface area contributed by atoms with E-state index in [2.05, 4.69) is 72.8 Å². The highest BCUT2D eigenvalue weighted by Crippen LogP contribution is 2.41. The van der Waals surface area contributed by atoms with E-state index in [1.165, 1.54) is 37.9 Å². The molecule has 0 unspecified atom stereocenters. The third kappa shape index (κ3) is 2.03. The first-order chi connectivity index (χ1) is 12.3. The van der Waals surface area contributed by atoms with Gasteiger partial charge in [-0.3, -0.25) is 0 Å². The first-order valence-corrected chi connectivity index (χ1v) is 8.51. The van der Waals surface area contributed by atoms with Crippen molar-refractivity contribution in [1.29, 1.82) is 0 Å². The van der Waals surface area contributed by atoms with Gasteiger partial charge in [0.05, 0.1) is 0 Å². The second-order valence-corrected chi connectivity index (χ2v) is 6.41. The number of hydrogen-bond donors (Lipinski definition) is 1. The maximum Gasteiger partial charge on any atom is 0.0393 e. The lowest BCUT2D eigenvalue weighted by Gasteiger charge is -2.15. The fourth-order valence-corrected chi connectivity index (χ4v) is 3.92. The van der Waals surface area contributed by atoms with Crippen LogP contribution in [-0.2, 0) is 0 Å². The first-order valence-electron chi connectivity index (χ1n) is 8.51. The molecular weight excluding hydrogens is 302 g/mol. The maximum absolute atomic E-state index is 6.30. The molecule has 0 spiro atoms. The third-order valence-electron chi connectivity index (χ3n) is 5.02. The van der Waals surface area contributed by atoms with Gasteiger partial charge in [-0.2, -0.15) is 0 Å². The predicted molar refractivity (Wildman–Crippen MR) is 109 cm³/mol. The molecule has 5 rings (SSSR count). The Morgan fingerprint density at radius 1 is 0.400 bits per heavy atom. The minimum atomic E-state index is 0.812. The Bertz CT molecular complexity index is 1210. The molecule has 5 aromatic carbocycles. The number of fused-ring (bicyclic) bond motifs is 6. The fraction of sp³-hybridized carbons (Fsp3) is 0. The van der Waals surface area contributed by atoms with Crippen molar-refractivity contribution in [3.05, 3.63) is 91.0 Å². The van der Waals surface area contributed by atoms with E-state index in [0.29, 0.717) is 0 Å². The molecular formula is C24H17N. The monoisotopic (exact) mass is 319 g/mol. The average Bonchev–Trinajstić information content (AvgIpc) is 2.68. The van der Waals surface area contributed by atoms with Crippen molar-refractivity contribution in [2.75, 3.05) is 5.73 Å². The number of anilines is 1. The van der Waals surface area contributed by atoms with Gasteiger partial charge in [-0.1, -0.05) is 84.9 Å². The zero-order chi connectivity index (χ0) is 16.8. The minimum Gasteiger partial charge on any atom is -0.398 e. The van der Waals surface area contributed by atoms with E-state index in [4.69, 9.17) is 5.73 Å². The summed E-state index contributed by atoms with van der Waals surface area (Å²) in [6.07, 6.45) is 0. The first kappa shape index (κ1) is 14.1. The third-order valence-corrected chi connectivity index (χ3v) is 5.02. The summed E-state index contributed by atoms with van der Waals surface area (Å²) in [5.41, 5.74) is 9.40. The van der Waals surface area contributed by atoms with Crippen LogP contribution in [0.25, 0.3) is 43.4 Å². The van der Waals surface area contributed by atoms with Crippen LogP contribution in [0, 0.1) is 0 Å². The highest BCUT2D eigenvalue weighted by atomic mass is 14.6. The largest absolute Gasteiger partial charge is 0.398 e. The number of nitrogens with two attached hydrogens (primary N) is 1. The number of rotatable bonds is 1. The summed E-state index contributed by atoms with van der Waals surface area (Å²) in [6.45, 7) is 0. The van der Waals surface area contributed by atoms with Crippen molar-refractivity contribution in [3.63, 3.8) is 0 Å². The molecule has 118 valence electrons. The number of benzene rings is 5. The van der Waals surface area contributed by atoms with E-state index in [1.807, 2.05) is 18.2 Å². The number of nitrogen functional groups attached to an aromatic ring is 1. The Hall–Kier alpha value is -3.32.